The van der Waals surface area contributed by atoms with Crippen LogP contribution in [0.2, 0.25) is 0 Å². The maximum absolute atomic E-state index is 14.0. The predicted molar refractivity (Wildman–Crippen MR) is 155 cm³/mol. The van der Waals surface area contributed by atoms with Gasteiger partial charge in [0.25, 0.3) is 0 Å². The Hall–Kier alpha value is 0.0600. The highest BCUT2D eigenvalue weighted by Crippen LogP contribution is 2.45. The minimum absolute atomic E-state index is 0.0405. The van der Waals surface area contributed by atoms with Gasteiger partial charge in [-0.05, 0) is 58.5 Å². The first-order valence-corrected chi connectivity index (χ1v) is 16.0. The second-order valence-electron chi connectivity index (χ2n) is 10.2. The number of alkyl halides is 2. The van der Waals surface area contributed by atoms with Gasteiger partial charge < -0.3 is 19.1 Å². The second kappa shape index (κ2) is 14.3. The summed E-state index contributed by atoms with van der Waals surface area (Å²) in [5.74, 6) is 0.595. The van der Waals surface area contributed by atoms with Gasteiger partial charge in [0.15, 0.2) is 5.78 Å². The number of nitrogens with zero attached hydrogens (tertiary/aromatic N) is 1. The molecular formula is C27H43I2NO5. The third-order valence-corrected chi connectivity index (χ3v) is 10.3. The van der Waals surface area contributed by atoms with E-state index in [1.165, 1.54) is 0 Å². The summed E-state index contributed by atoms with van der Waals surface area (Å²) in [5, 5.41) is 0. The summed E-state index contributed by atoms with van der Waals surface area (Å²) in [6.07, 6.45) is 6.74. The van der Waals surface area contributed by atoms with E-state index in [9.17, 15) is 9.59 Å². The number of halogens is 2. The molecule has 35 heavy (non-hydrogen) atoms. The van der Waals surface area contributed by atoms with E-state index in [0.29, 0.717) is 5.76 Å². The van der Waals surface area contributed by atoms with Crippen LogP contribution in [-0.4, -0.2) is 69.1 Å². The molecular weight excluding hydrogens is 672 g/mol. The highest BCUT2D eigenvalue weighted by atomic mass is 127. The number of ketones is 1. The smallest absolute Gasteiger partial charge is 0.313 e. The van der Waals surface area contributed by atoms with Crippen LogP contribution in [0.5, 0.6) is 0 Å². The van der Waals surface area contributed by atoms with Gasteiger partial charge in [-0.3, -0.25) is 9.59 Å². The monoisotopic (exact) mass is 715 g/mol. The highest BCUT2D eigenvalue weighted by molar-refractivity contribution is 14.1. The second-order valence-corrected chi connectivity index (χ2v) is 13.4. The van der Waals surface area contributed by atoms with Crippen molar-refractivity contribution >= 4 is 56.9 Å². The van der Waals surface area contributed by atoms with Crippen LogP contribution in [-0.2, 0) is 23.8 Å². The number of esters is 1. The number of hydrogen-bond acceptors (Lipinski definition) is 6. The molecule has 6 nitrogen and oxygen atoms in total. The van der Waals surface area contributed by atoms with Crippen molar-refractivity contribution in [1.29, 1.82) is 0 Å². The van der Waals surface area contributed by atoms with Crippen LogP contribution >= 0.6 is 45.2 Å². The Labute approximate surface area is 238 Å². The molecule has 5 atom stereocenters. The van der Waals surface area contributed by atoms with Crippen molar-refractivity contribution in [2.75, 3.05) is 26.2 Å². The molecule has 0 amide bonds. The van der Waals surface area contributed by atoms with E-state index in [1.54, 1.807) is 0 Å². The standard InChI is InChI=1S/C27H43I2NO5/c1-5-17(4)34-24(31)16-23-25(19-10-8-9-11-22(19)35-23)26(32)18-14-20(28)27(21(29)15-18)33-13-12-30(6-2)7-3/h17-22,27H,5-16H2,1-4H3/t17-,18?,19?,20?,21?,22?,27?/m1/s1. The molecule has 0 saturated heterocycles. The molecule has 0 spiro atoms. The summed E-state index contributed by atoms with van der Waals surface area (Å²) in [6, 6.07) is 0. The minimum atomic E-state index is -0.290. The lowest BCUT2D eigenvalue weighted by Crippen LogP contribution is -2.44. The van der Waals surface area contributed by atoms with Gasteiger partial charge in [0, 0.05) is 31.8 Å². The average Bonchev–Trinajstić information content (AvgIpc) is 3.19. The number of fused-ring (bicyclic) bond motifs is 1. The molecule has 0 radical (unpaired) electrons. The molecule has 2 aliphatic carbocycles. The Morgan fingerprint density at radius 2 is 1.74 bits per heavy atom. The molecule has 3 aliphatic rings. The molecule has 2 fully saturated rings. The molecule has 0 aromatic carbocycles. The molecule has 2 saturated carbocycles. The summed E-state index contributed by atoms with van der Waals surface area (Å²) in [6.45, 7) is 12.0. The van der Waals surface area contributed by atoms with Crippen LogP contribution in [0, 0.1) is 11.8 Å². The van der Waals surface area contributed by atoms with Gasteiger partial charge in [-0.1, -0.05) is 72.4 Å². The van der Waals surface area contributed by atoms with Crippen LogP contribution in [0.3, 0.4) is 0 Å². The van der Waals surface area contributed by atoms with Crippen LogP contribution in [0.25, 0.3) is 0 Å². The maximum atomic E-state index is 14.0. The number of rotatable bonds is 12. The number of likely N-dealkylation sites (N-methyl/N-ethyl adjacent to an activating group) is 1. The fourth-order valence-corrected chi connectivity index (χ4v) is 9.03. The molecule has 3 rings (SSSR count). The normalized spacial score (nSPS) is 31.7. The Kier molecular flexibility index (Phi) is 12.1. The first-order chi connectivity index (χ1) is 16.8. The summed E-state index contributed by atoms with van der Waals surface area (Å²) in [4.78, 5) is 28.9. The van der Waals surface area contributed by atoms with Crippen LogP contribution < -0.4 is 0 Å². The zero-order chi connectivity index (χ0) is 25.5. The van der Waals surface area contributed by atoms with Crippen molar-refractivity contribution in [3.8, 4) is 0 Å². The van der Waals surface area contributed by atoms with E-state index < -0.39 is 0 Å². The van der Waals surface area contributed by atoms with E-state index >= 15 is 0 Å². The van der Waals surface area contributed by atoms with Crippen molar-refractivity contribution in [3.63, 3.8) is 0 Å². The quantitative estimate of drug-likeness (QED) is 0.143. The number of carbonyl (C=O) groups excluding carboxylic acids is 2. The summed E-state index contributed by atoms with van der Waals surface area (Å²) in [5.41, 5.74) is 0.800. The van der Waals surface area contributed by atoms with Crippen LogP contribution in [0.15, 0.2) is 11.3 Å². The molecule has 0 N–H and O–H groups in total. The van der Waals surface area contributed by atoms with Crippen LogP contribution in [0.1, 0.15) is 79.1 Å². The lowest BCUT2D eigenvalue weighted by atomic mass is 9.75. The van der Waals surface area contributed by atoms with E-state index in [0.717, 1.165) is 76.8 Å². The fraction of sp³-hybridized carbons (Fsp3) is 0.852. The number of carbonyl (C=O) groups is 2. The first kappa shape index (κ1) is 29.6. The molecule has 1 heterocycles. The van der Waals surface area contributed by atoms with Gasteiger partial charge in [0.1, 0.15) is 18.3 Å². The van der Waals surface area contributed by atoms with Gasteiger partial charge in [-0.15, -0.1) is 0 Å². The SMILES string of the molecule is CC[C@@H](C)OC(=O)CC1=C(C(=O)C2CC(I)C(OCCN(CC)CC)C(I)C2)C2CCCCC2O1. The van der Waals surface area contributed by atoms with Gasteiger partial charge >= 0.3 is 5.97 Å². The van der Waals surface area contributed by atoms with Crippen molar-refractivity contribution in [2.24, 2.45) is 11.8 Å². The van der Waals surface area contributed by atoms with Crippen molar-refractivity contribution in [2.45, 2.75) is 105 Å². The van der Waals surface area contributed by atoms with Gasteiger partial charge in [0.05, 0.1) is 18.8 Å². The lowest BCUT2D eigenvalue weighted by molar-refractivity contribution is -0.148. The zero-order valence-corrected chi connectivity index (χ0v) is 26.1. The Morgan fingerprint density at radius 3 is 2.37 bits per heavy atom. The minimum Gasteiger partial charge on any atom is -0.493 e. The Morgan fingerprint density at radius 1 is 1.09 bits per heavy atom. The molecule has 4 unspecified atom stereocenters. The number of Topliss-reactive ketones (excluding diaryl/α,β-unsaturated/α-hetero) is 1. The molecule has 8 heteroatoms. The third-order valence-electron chi connectivity index (χ3n) is 7.86. The van der Waals surface area contributed by atoms with Gasteiger partial charge in [-0.25, -0.2) is 0 Å². The maximum Gasteiger partial charge on any atom is 0.313 e. The van der Waals surface area contributed by atoms with Crippen molar-refractivity contribution in [1.82, 2.24) is 4.90 Å². The first-order valence-electron chi connectivity index (χ1n) is 13.5. The molecule has 1 aliphatic heterocycles. The fourth-order valence-electron chi connectivity index (χ4n) is 5.59. The van der Waals surface area contributed by atoms with Crippen LogP contribution in [0.4, 0.5) is 0 Å². The molecule has 0 bridgehead atoms. The predicted octanol–water partition coefficient (Wildman–Crippen LogP) is 5.87. The largest absolute Gasteiger partial charge is 0.493 e. The van der Waals surface area contributed by atoms with Gasteiger partial charge in [0.2, 0.25) is 0 Å². The molecule has 0 aromatic rings. The highest BCUT2D eigenvalue weighted by Gasteiger charge is 2.46. The van der Waals surface area contributed by atoms with E-state index in [-0.39, 0.29) is 56.2 Å². The molecule has 0 aromatic heterocycles. The van der Waals surface area contributed by atoms with E-state index in [4.69, 9.17) is 14.2 Å². The summed E-state index contributed by atoms with van der Waals surface area (Å²) >= 11 is 4.97. The Balaban J connectivity index is 1.68. The lowest BCUT2D eigenvalue weighted by Gasteiger charge is -2.37. The van der Waals surface area contributed by atoms with E-state index in [1.807, 2.05) is 13.8 Å². The summed E-state index contributed by atoms with van der Waals surface area (Å²) in [7, 11) is 0. The number of hydrogen-bond donors (Lipinski definition) is 0. The average molecular weight is 715 g/mol. The van der Waals surface area contributed by atoms with E-state index in [2.05, 4.69) is 63.9 Å². The molecule has 200 valence electrons. The van der Waals surface area contributed by atoms with Gasteiger partial charge in [-0.2, -0.15) is 0 Å². The number of ether oxygens (including phenoxy) is 3. The third kappa shape index (κ3) is 7.78. The van der Waals surface area contributed by atoms with Crippen molar-refractivity contribution in [3.05, 3.63) is 11.3 Å². The Bertz CT molecular complexity index is 744. The topological polar surface area (TPSA) is 65.1 Å². The summed E-state index contributed by atoms with van der Waals surface area (Å²) < 4.78 is 18.7. The zero-order valence-electron chi connectivity index (χ0n) is 21.8. The van der Waals surface area contributed by atoms with Crippen molar-refractivity contribution < 1.29 is 23.8 Å².